The summed E-state index contributed by atoms with van der Waals surface area (Å²) in [6.45, 7) is 2.17. The molecule has 0 aliphatic carbocycles. The third-order valence-electron chi connectivity index (χ3n) is 2.94. The second-order valence-corrected chi connectivity index (χ2v) is 5.23. The van der Waals surface area contributed by atoms with Crippen molar-refractivity contribution in [3.05, 3.63) is 67.9 Å². The summed E-state index contributed by atoms with van der Waals surface area (Å²) in [5, 5.41) is 13.5. The minimum Gasteiger partial charge on any atom is -0.346 e. The first-order valence-corrected chi connectivity index (χ1v) is 6.91. The molecule has 0 aliphatic heterocycles. The van der Waals surface area contributed by atoms with Crippen LogP contribution < -0.4 is 5.32 Å². The van der Waals surface area contributed by atoms with Crippen molar-refractivity contribution >= 4 is 27.5 Å². The molecule has 0 saturated carbocycles. The Kier molecular flexibility index (Phi) is 4.64. The van der Waals surface area contributed by atoms with E-state index in [2.05, 4.69) is 26.2 Å². The normalized spacial score (nSPS) is 10.2. The van der Waals surface area contributed by atoms with Crippen molar-refractivity contribution in [1.82, 2.24) is 10.3 Å². The van der Waals surface area contributed by atoms with E-state index in [9.17, 15) is 14.9 Å². The molecule has 2 aromatic rings. The van der Waals surface area contributed by atoms with Crippen molar-refractivity contribution in [1.29, 1.82) is 0 Å². The van der Waals surface area contributed by atoms with Gasteiger partial charge in [-0.05, 0) is 40.5 Å². The molecule has 0 unspecified atom stereocenters. The molecular weight excluding hydrogens is 338 g/mol. The number of non-ortho nitro benzene ring substituents is 1. The van der Waals surface area contributed by atoms with Gasteiger partial charge in [0, 0.05) is 22.8 Å². The van der Waals surface area contributed by atoms with Crippen molar-refractivity contribution in [3.8, 4) is 0 Å². The van der Waals surface area contributed by atoms with Crippen LogP contribution >= 0.6 is 15.9 Å². The molecule has 0 radical (unpaired) electrons. The number of pyridine rings is 1. The fourth-order valence-electron chi connectivity index (χ4n) is 1.76. The van der Waals surface area contributed by atoms with Crippen LogP contribution in [0.3, 0.4) is 0 Å². The zero-order valence-electron chi connectivity index (χ0n) is 11.2. The van der Waals surface area contributed by atoms with Gasteiger partial charge in [-0.25, -0.2) is 0 Å². The second-order valence-electron chi connectivity index (χ2n) is 4.37. The molecular formula is C14H12BrN3O3. The molecule has 6 nitrogen and oxygen atoms in total. The molecule has 1 amide bonds. The number of halogens is 1. The van der Waals surface area contributed by atoms with E-state index < -0.39 is 10.8 Å². The maximum atomic E-state index is 12.1. The highest BCUT2D eigenvalue weighted by Gasteiger charge is 2.15. The summed E-state index contributed by atoms with van der Waals surface area (Å²) in [6.07, 6.45) is 1.65. The average Bonchev–Trinajstić information content (AvgIpc) is 2.46. The zero-order valence-corrected chi connectivity index (χ0v) is 12.8. The molecule has 0 spiro atoms. The smallest absolute Gasteiger partial charge is 0.270 e. The molecule has 7 heteroatoms. The number of nitrogens with zero attached hydrogens (tertiary/aromatic N) is 2. The number of hydrogen-bond donors (Lipinski definition) is 1. The molecule has 1 aromatic heterocycles. The first kappa shape index (κ1) is 15.1. The van der Waals surface area contributed by atoms with E-state index >= 15 is 0 Å². The van der Waals surface area contributed by atoms with Gasteiger partial charge >= 0.3 is 0 Å². The van der Waals surface area contributed by atoms with Crippen LogP contribution in [0.4, 0.5) is 5.69 Å². The van der Waals surface area contributed by atoms with Crippen molar-refractivity contribution in [3.63, 3.8) is 0 Å². The van der Waals surface area contributed by atoms with E-state index in [1.165, 1.54) is 18.2 Å². The SMILES string of the molecule is Cc1cccnc1CNC(=O)c1cc([N+](=O)[O-])ccc1Br. The summed E-state index contributed by atoms with van der Waals surface area (Å²) < 4.78 is 0.503. The summed E-state index contributed by atoms with van der Waals surface area (Å²) in [5.41, 5.74) is 1.82. The largest absolute Gasteiger partial charge is 0.346 e. The van der Waals surface area contributed by atoms with E-state index in [1.54, 1.807) is 6.20 Å². The lowest BCUT2D eigenvalue weighted by molar-refractivity contribution is -0.384. The summed E-state index contributed by atoms with van der Waals surface area (Å²) in [4.78, 5) is 26.5. The first-order chi connectivity index (χ1) is 9.99. The lowest BCUT2D eigenvalue weighted by Crippen LogP contribution is -2.24. The monoisotopic (exact) mass is 349 g/mol. The van der Waals surface area contributed by atoms with Crippen molar-refractivity contribution < 1.29 is 9.72 Å². The fraction of sp³-hybridized carbons (Fsp3) is 0.143. The highest BCUT2D eigenvalue weighted by molar-refractivity contribution is 9.10. The summed E-state index contributed by atoms with van der Waals surface area (Å²) >= 11 is 3.22. The number of carbonyl (C=O) groups is 1. The van der Waals surface area contributed by atoms with E-state index in [0.29, 0.717) is 4.47 Å². The minimum absolute atomic E-state index is 0.127. The van der Waals surface area contributed by atoms with Crippen molar-refractivity contribution in [2.24, 2.45) is 0 Å². The van der Waals surface area contributed by atoms with E-state index in [1.807, 2.05) is 19.1 Å². The highest BCUT2D eigenvalue weighted by atomic mass is 79.9. The molecule has 108 valence electrons. The van der Waals surface area contributed by atoms with Gasteiger partial charge in [0.1, 0.15) is 0 Å². The number of aromatic nitrogens is 1. The predicted molar refractivity (Wildman–Crippen MR) is 80.9 cm³/mol. The van der Waals surface area contributed by atoms with Crippen LogP contribution in [-0.2, 0) is 6.54 Å². The number of rotatable bonds is 4. The molecule has 1 aromatic carbocycles. The quantitative estimate of drug-likeness (QED) is 0.679. The van der Waals surface area contributed by atoms with E-state index in [4.69, 9.17) is 0 Å². The summed E-state index contributed by atoms with van der Waals surface area (Å²) in [6, 6.07) is 7.78. The maximum Gasteiger partial charge on any atom is 0.270 e. The Balaban J connectivity index is 2.15. The van der Waals surface area contributed by atoms with Crippen LogP contribution in [0.15, 0.2) is 41.0 Å². The Morgan fingerprint density at radius 2 is 2.19 bits per heavy atom. The molecule has 1 heterocycles. The standard InChI is InChI=1S/C14H12BrN3O3/c1-9-3-2-6-16-13(9)8-17-14(19)11-7-10(18(20)21)4-5-12(11)15/h2-7H,8H2,1H3,(H,17,19). The van der Waals surface area contributed by atoms with Crippen LogP contribution in [-0.4, -0.2) is 15.8 Å². The topological polar surface area (TPSA) is 85.1 Å². The maximum absolute atomic E-state index is 12.1. The number of amides is 1. The van der Waals surface area contributed by atoms with Gasteiger partial charge in [-0.3, -0.25) is 19.9 Å². The van der Waals surface area contributed by atoms with Crippen molar-refractivity contribution in [2.45, 2.75) is 13.5 Å². The van der Waals surface area contributed by atoms with Gasteiger partial charge in [0.25, 0.3) is 11.6 Å². The first-order valence-electron chi connectivity index (χ1n) is 6.11. The Hall–Kier alpha value is -2.28. The molecule has 0 aliphatic rings. The minimum atomic E-state index is -0.536. The number of nitro groups is 1. The van der Waals surface area contributed by atoms with Gasteiger partial charge in [-0.2, -0.15) is 0 Å². The predicted octanol–water partition coefficient (Wildman–Crippen LogP) is 2.99. The number of nitro benzene ring substituents is 1. The molecule has 0 fully saturated rings. The lowest BCUT2D eigenvalue weighted by Gasteiger charge is -2.08. The van der Waals surface area contributed by atoms with Gasteiger partial charge in [0.05, 0.1) is 22.7 Å². The Morgan fingerprint density at radius 3 is 2.86 bits per heavy atom. The number of nitrogens with one attached hydrogen (secondary N) is 1. The Bertz CT molecular complexity index is 704. The Morgan fingerprint density at radius 1 is 1.43 bits per heavy atom. The zero-order chi connectivity index (χ0) is 15.4. The lowest BCUT2D eigenvalue weighted by atomic mass is 10.1. The third kappa shape index (κ3) is 3.63. The van der Waals surface area contributed by atoms with Gasteiger partial charge in [0.2, 0.25) is 0 Å². The van der Waals surface area contributed by atoms with Crippen LogP contribution in [0.5, 0.6) is 0 Å². The van der Waals surface area contributed by atoms with E-state index in [-0.39, 0.29) is 17.8 Å². The third-order valence-corrected chi connectivity index (χ3v) is 3.63. The van der Waals surface area contributed by atoms with Crippen molar-refractivity contribution in [2.75, 3.05) is 0 Å². The van der Waals surface area contributed by atoms with E-state index in [0.717, 1.165) is 11.3 Å². The molecule has 0 bridgehead atoms. The van der Waals surface area contributed by atoms with Gasteiger partial charge in [0.15, 0.2) is 0 Å². The molecule has 0 saturated heterocycles. The Labute approximate surface area is 129 Å². The summed E-state index contributed by atoms with van der Waals surface area (Å²) in [5.74, 6) is -0.393. The van der Waals surface area contributed by atoms with Crippen LogP contribution in [0.2, 0.25) is 0 Å². The summed E-state index contributed by atoms with van der Waals surface area (Å²) in [7, 11) is 0. The van der Waals surface area contributed by atoms with Gasteiger partial charge < -0.3 is 5.32 Å². The molecule has 0 atom stereocenters. The highest BCUT2D eigenvalue weighted by Crippen LogP contribution is 2.22. The molecule has 2 rings (SSSR count). The van der Waals surface area contributed by atoms with Crippen LogP contribution in [0.1, 0.15) is 21.6 Å². The number of carbonyl (C=O) groups excluding carboxylic acids is 1. The molecule has 21 heavy (non-hydrogen) atoms. The number of hydrogen-bond acceptors (Lipinski definition) is 4. The average molecular weight is 350 g/mol. The fourth-order valence-corrected chi connectivity index (χ4v) is 2.19. The van der Waals surface area contributed by atoms with Gasteiger partial charge in [-0.15, -0.1) is 0 Å². The number of benzene rings is 1. The van der Waals surface area contributed by atoms with Crippen LogP contribution in [0.25, 0.3) is 0 Å². The second kappa shape index (κ2) is 6.45. The van der Waals surface area contributed by atoms with Gasteiger partial charge in [-0.1, -0.05) is 6.07 Å². The van der Waals surface area contributed by atoms with Crippen LogP contribution in [0, 0.1) is 17.0 Å². The number of aryl methyl sites for hydroxylation is 1. The molecule has 1 N–H and O–H groups in total.